The van der Waals surface area contributed by atoms with Crippen molar-refractivity contribution in [3.63, 3.8) is 0 Å². The Morgan fingerprint density at radius 3 is 2.33 bits per heavy atom. The van der Waals surface area contributed by atoms with Crippen molar-refractivity contribution in [2.24, 2.45) is 0 Å². The zero-order valence-corrected chi connectivity index (χ0v) is 10.3. The highest BCUT2D eigenvalue weighted by molar-refractivity contribution is 9.11. The summed E-state index contributed by atoms with van der Waals surface area (Å²) in [5.74, 6) is 0. The zero-order valence-electron chi connectivity index (χ0n) is 7.88. The van der Waals surface area contributed by atoms with Gasteiger partial charge in [0.25, 0.3) is 0 Å². The monoisotopic (exact) mass is 290 g/mol. The molecule has 0 heterocycles. The molecule has 1 N–H and O–H groups in total. The smallest absolute Gasteiger partial charge is 0.194 e. The Kier molecular flexibility index (Phi) is 4.07. The third-order valence-corrected chi connectivity index (χ3v) is 5.70. The molecule has 0 aliphatic carbocycles. The van der Waals surface area contributed by atoms with Crippen LogP contribution < -0.4 is 0 Å². The number of aliphatic hydroxyl groups is 1. The summed E-state index contributed by atoms with van der Waals surface area (Å²) in [6.07, 6.45) is 0.0510. The summed E-state index contributed by atoms with van der Waals surface area (Å²) < 4.78 is 22.7. The van der Waals surface area contributed by atoms with Crippen molar-refractivity contribution in [2.75, 3.05) is 0 Å². The minimum absolute atomic E-state index is 0.174. The van der Waals surface area contributed by atoms with E-state index in [9.17, 15) is 13.5 Å². The summed E-state index contributed by atoms with van der Waals surface area (Å²) in [5, 5.41) is 9.38. The van der Waals surface area contributed by atoms with Crippen LogP contribution in [-0.2, 0) is 9.84 Å². The van der Waals surface area contributed by atoms with Gasteiger partial charge in [0.1, 0.15) is 4.16 Å². The SMILES string of the molecule is C=CC(O)C(Br)S(=O)(=O)c1ccccc1. The largest absolute Gasteiger partial charge is 0.387 e. The predicted octanol–water partition coefficient (Wildman–Crippen LogP) is 1.73. The molecule has 1 rings (SSSR count). The van der Waals surface area contributed by atoms with E-state index in [-0.39, 0.29) is 4.90 Å². The Balaban J connectivity index is 3.09. The van der Waals surface area contributed by atoms with E-state index < -0.39 is 20.1 Å². The molecule has 15 heavy (non-hydrogen) atoms. The first-order valence-corrected chi connectivity index (χ1v) is 6.70. The fourth-order valence-electron chi connectivity index (χ4n) is 1.03. The second kappa shape index (κ2) is 4.92. The molecule has 0 spiro atoms. The lowest BCUT2D eigenvalue weighted by molar-refractivity contribution is 0.240. The molecule has 0 aliphatic heterocycles. The third kappa shape index (κ3) is 2.68. The lowest BCUT2D eigenvalue weighted by Gasteiger charge is -2.14. The van der Waals surface area contributed by atoms with Crippen LogP contribution in [0.5, 0.6) is 0 Å². The second-order valence-electron chi connectivity index (χ2n) is 2.94. The minimum atomic E-state index is -3.55. The minimum Gasteiger partial charge on any atom is -0.387 e. The van der Waals surface area contributed by atoms with Crippen LogP contribution >= 0.6 is 15.9 Å². The summed E-state index contributed by atoms with van der Waals surface area (Å²) >= 11 is 2.95. The number of benzene rings is 1. The van der Waals surface area contributed by atoms with Gasteiger partial charge in [-0.25, -0.2) is 8.42 Å². The fraction of sp³-hybridized carbons (Fsp3) is 0.200. The highest BCUT2D eigenvalue weighted by atomic mass is 79.9. The van der Waals surface area contributed by atoms with Crippen molar-refractivity contribution in [1.29, 1.82) is 0 Å². The van der Waals surface area contributed by atoms with E-state index in [4.69, 9.17) is 0 Å². The topological polar surface area (TPSA) is 54.4 Å². The maximum atomic E-state index is 11.9. The number of halogens is 1. The Hall–Kier alpha value is -0.650. The van der Waals surface area contributed by atoms with Crippen LogP contribution in [-0.4, -0.2) is 23.8 Å². The quantitative estimate of drug-likeness (QED) is 0.679. The van der Waals surface area contributed by atoms with Crippen LogP contribution in [0.1, 0.15) is 0 Å². The van der Waals surface area contributed by atoms with E-state index in [2.05, 4.69) is 22.5 Å². The van der Waals surface area contributed by atoms with E-state index in [1.54, 1.807) is 18.2 Å². The van der Waals surface area contributed by atoms with Gasteiger partial charge >= 0.3 is 0 Å². The molecule has 3 nitrogen and oxygen atoms in total. The number of aliphatic hydroxyl groups excluding tert-OH is 1. The van der Waals surface area contributed by atoms with Gasteiger partial charge in [0.15, 0.2) is 9.84 Å². The van der Waals surface area contributed by atoms with Gasteiger partial charge < -0.3 is 5.11 Å². The third-order valence-electron chi connectivity index (χ3n) is 1.88. The van der Waals surface area contributed by atoms with Crippen molar-refractivity contribution in [3.05, 3.63) is 43.0 Å². The highest BCUT2D eigenvalue weighted by Gasteiger charge is 2.29. The normalized spacial score (nSPS) is 15.6. The van der Waals surface area contributed by atoms with Gasteiger partial charge in [-0.15, -0.1) is 6.58 Å². The van der Waals surface area contributed by atoms with Crippen molar-refractivity contribution >= 4 is 25.8 Å². The van der Waals surface area contributed by atoms with Crippen molar-refractivity contribution in [2.45, 2.75) is 15.2 Å². The molecule has 0 aromatic heterocycles. The lowest BCUT2D eigenvalue weighted by atomic mass is 10.4. The highest BCUT2D eigenvalue weighted by Crippen LogP contribution is 2.22. The lowest BCUT2D eigenvalue weighted by Crippen LogP contribution is -2.27. The van der Waals surface area contributed by atoms with Crippen LogP contribution in [0, 0.1) is 0 Å². The van der Waals surface area contributed by atoms with Gasteiger partial charge in [0.05, 0.1) is 11.0 Å². The first-order chi connectivity index (χ1) is 7.00. The number of hydrogen-bond acceptors (Lipinski definition) is 3. The Bertz CT molecular complexity index is 427. The summed E-state index contributed by atoms with van der Waals surface area (Å²) in [7, 11) is -3.55. The van der Waals surface area contributed by atoms with E-state index in [0.29, 0.717) is 0 Å². The van der Waals surface area contributed by atoms with E-state index in [1.807, 2.05) is 0 Å². The number of hydrogen-bond donors (Lipinski definition) is 1. The molecule has 0 radical (unpaired) electrons. The van der Waals surface area contributed by atoms with Gasteiger partial charge in [-0.05, 0) is 12.1 Å². The van der Waals surface area contributed by atoms with Gasteiger partial charge in [-0.1, -0.05) is 40.2 Å². The van der Waals surface area contributed by atoms with Gasteiger partial charge in [-0.2, -0.15) is 0 Å². The Morgan fingerprint density at radius 1 is 1.33 bits per heavy atom. The van der Waals surface area contributed by atoms with E-state index in [0.717, 1.165) is 0 Å². The molecule has 0 saturated heterocycles. The van der Waals surface area contributed by atoms with Gasteiger partial charge in [0, 0.05) is 0 Å². The summed E-state index contributed by atoms with van der Waals surface area (Å²) in [6.45, 7) is 3.34. The molecule has 0 amide bonds. The summed E-state index contributed by atoms with van der Waals surface area (Å²) in [4.78, 5) is 0.174. The Labute approximate surface area is 97.5 Å². The van der Waals surface area contributed by atoms with Crippen LogP contribution in [0.15, 0.2) is 47.9 Å². The standard InChI is InChI=1S/C10H11BrO3S/c1-2-9(12)10(11)15(13,14)8-6-4-3-5-7-8/h2-7,9-10,12H,1H2. The molecular formula is C10H11BrO3S. The molecule has 5 heteroatoms. The first kappa shape index (κ1) is 12.4. The average molecular weight is 291 g/mol. The molecule has 0 aliphatic rings. The Morgan fingerprint density at radius 2 is 1.87 bits per heavy atom. The number of rotatable bonds is 4. The average Bonchev–Trinajstić information content (AvgIpc) is 2.28. The molecule has 2 atom stereocenters. The molecule has 0 bridgehead atoms. The molecule has 2 unspecified atom stereocenters. The molecule has 1 aromatic carbocycles. The van der Waals surface area contributed by atoms with Crippen LogP contribution in [0.2, 0.25) is 0 Å². The second-order valence-corrected chi connectivity index (χ2v) is 6.60. The van der Waals surface area contributed by atoms with Crippen LogP contribution in [0.3, 0.4) is 0 Å². The number of sulfone groups is 1. The van der Waals surface area contributed by atoms with Gasteiger partial charge in [-0.3, -0.25) is 0 Å². The van der Waals surface area contributed by atoms with E-state index >= 15 is 0 Å². The van der Waals surface area contributed by atoms with Crippen molar-refractivity contribution < 1.29 is 13.5 Å². The molecular weight excluding hydrogens is 280 g/mol. The molecule has 82 valence electrons. The maximum Gasteiger partial charge on any atom is 0.194 e. The fourth-order valence-corrected chi connectivity index (χ4v) is 3.17. The summed E-state index contributed by atoms with van der Waals surface area (Å²) in [5.41, 5.74) is 0. The van der Waals surface area contributed by atoms with Crippen LogP contribution in [0.25, 0.3) is 0 Å². The number of alkyl halides is 1. The zero-order chi connectivity index (χ0) is 11.5. The predicted molar refractivity (Wildman–Crippen MR) is 62.5 cm³/mol. The molecule has 0 fully saturated rings. The van der Waals surface area contributed by atoms with Crippen molar-refractivity contribution in [1.82, 2.24) is 0 Å². The van der Waals surface area contributed by atoms with Crippen LogP contribution in [0.4, 0.5) is 0 Å². The molecule has 1 aromatic rings. The van der Waals surface area contributed by atoms with E-state index in [1.165, 1.54) is 18.2 Å². The first-order valence-electron chi connectivity index (χ1n) is 4.24. The van der Waals surface area contributed by atoms with Crippen molar-refractivity contribution in [3.8, 4) is 0 Å². The summed E-state index contributed by atoms with van der Waals surface area (Å²) in [6, 6.07) is 7.96. The molecule has 0 saturated carbocycles. The van der Waals surface area contributed by atoms with Gasteiger partial charge in [0.2, 0.25) is 0 Å². The maximum absolute atomic E-state index is 11.9.